The molecule has 7 atom stereocenters. The van der Waals surface area contributed by atoms with Crippen LogP contribution in [-0.4, -0.2) is 33.9 Å². The lowest BCUT2D eigenvalue weighted by atomic mass is 9.47. The SMILES string of the molecule is CC(=O)NC[C@@H](C)CCc1nnc2c(c1C)[C@@]1(C)CC[C@H]3[C@H](CC=C4C[C@@H](O)CC[C@@]43C)[C@@H]1C2. The van der Waals surface area contributed by atoms with Crippen LogP contribution in [0.1, 0.15) is 95.2 Å². The number of rotatable bonds is 5. The average molecular weight is 466 g/mol. The third kappa shape index (κ3) is 3.83. The highest BCUT2D eigenvalue weighted by atomic mass is 16.3. The Labute approximate surface area is 205 Å². The van der Waals surface area contributed by atoms with Gasteiger partial charge in [-0.3, -0.25) is 4.79 Å². The number of nitrogens with zero attached hydrogens (tertiary/aromatic N) is 2. The summed E-state index contributed by atoms with van der Waals surface area (Å²) < 4.78 is 0. The summed E-state index contributed by atoms with van der Waals surface area (Å²) in [7, 11) is 0. The van der Waals surface area contributed by atoms with Gasteiger partial charge in [0.05, 0.1) is 17.5 Å². The van der Waals surface area contributed by atoms with E-state index in [1.807, 2.05) is 0 Å². The lowest BCUT2D eigenvalue weighted by molar-refractivity contribution is -0.119. The molecule has 0 radical (unpaired) electrons. The largest absolute Gasteiger partial charge is 0.393 e. The number of aromatic nitrogens is 2. The summed E-state index contributed by atoms with van der Waals surface area (Å²) in [6, 6.07) is 0. The zero-order valence-corrected chi connectivity index (χ0v) is 21.8. The van der Waals surface area contributed by atoms with Gasteiger partial charge in [-0.25, -0.2) is 0 Å². The van der Waals surface area contributed by atoms with Crippen molar-refractivity contribution in [2.75, 3.05) is 6.54 Å². The number of carbonyl (C=O) groups excluding carboxylic acids is 1. The molecule has 2 N–H and O–H groups in total. The van der Waals surface area contributed by atoms with Crippen LogP contribution in [0.5, 0.6) is 0 Å². The second-order valence-corrected chi connectivity index (χ2v) is 12.5. The summed E-state index contributed by atoms with van der Waals surface area (Å²) in [6.07, 6.45) is 12.0. The van der Waals surface area contributed by atoms with Gasteiger partial charge >= 0.3 is 0 Å². The minimum absolute atomic E-state index is 0.0397. The molecule has 0 unspecified atom stereocenters. The lowest BCUT2D eigenvalue weighted by Crippen LogP contribution is -2.51. The number of aliphatic hydroxyl groups is 1. The molecule has 5 heteroatoms. The highest BCUT2D eigenvalue weighted by molar-refractivity contribution is 5.72. The Morgan fingerprint density at radius 1 is 1.18 bits per heavy atom. The van der Waals surface area contributed by atoms with Crippen molar-refractivity contribution in [3.63, 3.8) is 0 Å². The number of carbonyl (C=O) groups is 1. The first kappa shape index (κ1) is 24.0. The molecule has 1 aromatic heterocycles. The molecule has 4 aliphatic carbocycles. The van der Waals surface area contributed by atoms with Gasteiger partial charge in [-0.05, 0) is 110 Å². The second-order valence-electron chi connectivity index (χ2n) is 12.5. The van der Waals surface area contributed by atoms with Gasteiger partial charge in [0.2, 0.25) is 5.91 Å². The number of nitrogens with one attached hydrogen (secondary N) is 1. The van der Waals surface area contributed by atoms with E-state index < -0.39 is 0 Å². The van der Waals surface area contributed by atoms with Crippen LogP contribution in [0.2, 0.25) is 0 Å². The van der Waals surface area contributed by atoms with Gasteiger partial charge in [-0.1, -0.05) is 32.4 Å². The van der Waals surface area contributed by atoms with Gasteiger partial charge in [-0.15, -0.1) is 0 Å². The molecule has 2 fully saturated rings. The van der Waals surface area contributed by atoms with Crippen LogP contribution in [-0.2, 0) is 23.1 Å². The van der Waals surface area contributed by atoms with Crippen molar-refractivity contribution in [2.24, 2.45) is 29.1 Å². The van der Waals surface area contributed by atoms with Crippen LogP contribution in [0.4, 0.5) is 0 Å². The van der Waals surface area contributed by atoms with E-state index in [0.29, 0.717) is 17.8 Å². The van der Waals surface area contributed by atoms with Crippen LogP contribution in [0, 0.1) is 36.0 Å². The summed E-state index contributed by atoms with van der Waals surface area (Å²) in [5.74, 6) is 2.55. The molecule has 4 aliphatic rings. The van der Waals surface area contributed by atoms with Crippen LogP contribution >= 0.6 is 0 Å². The van der Waals surface area contributed by atoms with E-state index in [4.69, 9.17) is 10.2 Å². The Kier molecular flexibility index (Phi) is 6.15. The summed E-state index contributed by atoms with van der Waals surface area (Å²) in [6.45, 7) is 11.8. The standard InChI is InChI=1S/C29H43N3O2/c1-17(16-30-19(3)33)6-9-25-18(2)27-26(32-31-25)15-24-22-8-7-20-14-21(34)10-12-28(20,4)23(22)11-13-29(24,27)5/h7,17,21-24,34H,6,8-16H2,1-5H3,(H,30,33)/t17-,21-,22-,23-,24-,28-,29-/m0/s1. The van der Waals surface area contributed by atoms with Crippen molar-refractivity contribution >= 4 is 5.91 Å². The Balaban J connectivity index is 1.37. The predicted molar refractivity (Wildman–Crippen MR) is 134 cm³/mol. The third-order valence-electron chi connectivity index (χ3n) is 10.4. The van der Waals surface area contributed by atoms with Crippen molar-refractivity contribution in [1.29, 1.82) is 0 Å². The molecule has 0 aromatic carbocycles. The minimum Gasteiger partial charge on any atom is -0.393 e. The Bertz CT molecular complexity index is 1000. The quantitative estimate of drug-likeness (QED) is 0.611. The van der Waals surface area contributed by atoms with Crippen LogP contribution in [0.3, 0.4) is 0 Å². The van der Waals surface area contributed by atoms with E-state index in [9.17, 15) is 9.90 Å². The summed E-state index contributed by atoms with van der Waals surface area (Å²) in [4.78, 5) is 11.2. The molecule has 0 bridgehead atoms. The molecule has 186 valence electrons. The molecule has 0 aliphatic heterocycles. The minimum atomic E-state index is -0.141. The maximum Gasteiger partial charge on any atom is 0.216 e. The lowest BCUT2D eigenvalue weighted by Gasteiger charge is -2.57. The Hall–Kier alpha value is -1.75. The van der Waals surface area contributed by atoms with Crippen LogP contribution in [0.15, 0.2) is 11.6 Å². The normalized spacial score (nSPS) is 37.1. The maximum absolute atomic E-state index is 11.2. The first-order valence-corrected chi connectivity index (χ1v) is 13.6. The highest BCUT2D eigenvalue weighted by Gasteiger charge is 2.58. The Morgan fingerprint density at radius 2 is 1.94 bits per heavy atom. The van der Waals surface area contributed by atoms with E-state index in [0.717, 1.165) is 63.1 Å². The van der Waals surface area contributed by atoms with E-state index in [1.54, 1.807) is 12.5 Å². The van der Waals surface area contributed by atoms with Gasteiger partial charge in [-0.2, -0.15) is 10.2 Å². The van der Waals surface area contributed by atoms with Crippen molar-refractivity contribution in [3.8, 4) is 0 Å². The molecular weight excluding hydrogens is 422 g/mol. The Morgan fingerprint density at radius 3 is 2.71 bits per heavy atom. The summed E-state index contributed by atoms with van der Waals surface area (Å²) in [5, 5.41) is 22.8. The first-order chi connectivity index (χ1) is 16.1. The van der Waals surface area contributed by atoms with Crippen molar-refractivity contribution < 1.29 is 9.90 Å². The topological polar surface area (TPSA) is 75.1 Å². The molecular formula is C29H43N3O2. The van der Waals surface area contributed by atoms with Crippen molar-refractivity contribution in [3.05, 3.63) is 34.2 Å². The first-order valence-electron chi connectivity index (χ1n) is 13.6. The number of hydrogen-bond acceptors (Lipinski definition) is 4. The number of aryl methyl sites for hydroxylation is 1. The van der Waals surface area contributed by atoms with Gasteiger partial charge in [0, 0.05) is 13.5 Å². The van der Waals surface area contributed by atoms with E-state index in [-0.39, 0.29) is 22.8 Å². The smallest absolute Gasteiger partial charge is 0.216 e. The number of amides is 1. The van der Waals surface area contributed by atoms with E-state index in [1.165, 1.54) is 29.7 Å². The molecule has 5 rings (SSSR count). The molecule has 0 saturated heterocycles. The summed E-state index contributed by atoms with van der Waals surface area (Å²) >= 11 is 0. The molecule has 1 amide bonds. The molecule has 1 aromatic rings. The second kappa shape index (κ2) is 8.72. The zero-order valence-electron chi connectivity index (χ0n) is 21.8. The summed E-state index contributed by atoms with van der Waals surface area (Å²) in [5.41, 5.74) is 7.29. The van der Waals surface area contributed by atoms with Gasteiger partial charge < -0.3 is 10.4 Å². The van der Waals surface area contributed by atoms with Gasteiger partial charge in [0.1, 0.15) is 0 Å². The fourth-order valence-electron chi connectivity index (χ4n) is 8.41. The fraction of sp³-hybridized carbons (Fsp3) is 0.759. The van der Waals surface area contributed by atoms with Crippen LogP contribution in [0.25, 0.3) is 0 Å². The predicted octanol–water partition coefficient (Wildman–Crippen LogP) is 4.83. The number of fused-ring (bicyclic) bond motifs is 7. The monoisotopic (exact) mass is 465 g/mol. The zero-order chi connectivity index (χ0) is 24.3. The van der Waals surface area contributed by atoms with Crippen LogP contribution < -0.4 is 5.32 Å². The molecule has 34 heavy (non-hydrogen) atoms. The maximum atomic E-state index is 11.2. The highest BCUT2D eigenvalue weighted by Crippen LogP contribution is 2.64. The molecule has 0 spiro atoms. The van der Waals surface area contributed by atoms with Crippen molar-refractivity contribution in [1.82, 2.24) is 15.5 Å². The average Bonchev–Trinajstić information content (AvgIpc) is 3.11. The van der Waals surface area contributed by atoms with Gasteiger partial charge in [0.15, 0.2) is 0 Å². The molecule has 1 heterocycles. The fourth-order valence-corrected chi connectivity index (χ4v) is 8.41. The van der Waals surface area contributed by atoms with Gasteiger partial charge in [0.25, 0.3) is 0 Å². The number of hydrogen-bond donors (Lipinski definition) is 2. The number of aliphatic hydroxyl groups excluding tert-OH is 1. The third-order valence-corrected chi connectivity index (χ3v) is 10.4. The number of allylic oxidation sites excluding steroid dienone is 1. The molecule has 5 nitrogen and oxygen atoms in total. The molecule has 2 saturated carbocycles. The van der Waals surface area contributed by atoms with E-state index in [2.05, 4.69) is 39.1 Å². The van der Waals surface area contributed by atoms with E-state index >= 15 is 0 Å². The van der Waals surface area contributed by atoms with Crippen molar-refractivity contribution in [2.45, 2.75) is 104 Å².